The van der Waals surface area contributed by atoms with E-state index >= 15 is 0 Å². The number of hydrazine groups is 1. The van der Waals surface area contributed by atoms with Gasteiger partial charge >= 0.3 is 6.09 Å². The van der Waals surface area contributed by atoms with E-state index in [2.05, 4.69) is 10.2 Å². The van der Waals surface area contributed by atoms with Gasteiger partial charge in [0.05, 0.1) is 12.8 Å². The molecule has 0 saturated carbocycles. The maximum Gasteiger partial charge on any atom is 0.433 e. The summed E-state index contributed by atoms with van der Waals surface area (Å²) in [5.41, 5.74) is 3.05. The van der Waals surface area contributed by atoms with Gasteiger partial charge in [0.1, 0.15) is 0 Å². The second-order valence-electron chi connectivity index (χ2n) is 3.77. The van der Waals surface area contributed by atoms with Crippen molar-refractivity contribution in [1.82, 2.24) is 5.43 Å². The molecule has 1 rings (SSSR count). The molecule has 0 unspecified atom stereocenters. The number of anilines is 1. The first-order chi connectivity index (χ1) is 8.06. The number of carbonyl (C=O) groups excluding carboxylic acids is 2. The Hall–Kier alpha value is -2.04. The van der Waals surface area contributed by atoms with Gasteiger partial charge in [0.2, 0.25) is 5.91 Å². The van der Waals surface area contributed by atoms with Gasteiger partial charge in [-0.25, -0.2) is 4.79 Å². The third-order valence-corrected chi connectivity index (χ3v) is 2.12. The number of ether oxygens (including phenoxy) is 1. The first-order valence-electron chi connectivity index (χ1n) is 5.30. The molecule has 1 aromatic carbocycles. The van der Waals surface area contributed by atoms with Crippen molar-refractivity contribution in [2.24, 2.45) is 5.92 Å². The third-order valence-electron chi connectivity index (χ3n) is 2.12. The first kappa shape index (κ1) is 13.0. The maximum absolute atomic E-state index is 11.6. The van der Waals surface area contributed by atoms with Gasteiger partial charge in [-0.2, -0.15) is 5.01 Å². The Balaban J connectivity index is 2.90. The average Bonchev–Trinajstić information content (AvgIpc) is 2.35. The van der Waals surface area contributed by atoms with Crippen molar-refractivity contribution < 1.29 is 14.3 Å². The number of nitrogens with zero attached hydrogens (tertiary/aromatic N) is 1. The zero-order chi connectivity index (χ0) is 12.8. The summed E-state index contributed by atoms with van der Waals surface area (Å²) in [7, 11) is 1.26. The van der Waals surface area contributed by atoms with Crippen LogP contribution in [0.3, 0.4) is 0 Å². The molecule has 0 saturated heterocycles. The Morgan fingerprint density at radius 1 is 1.24 bits per heavy atom. The lowest BCUT2D eigenvalue weighted by Crippen LogP contribution is -2.48. The summed E-state index contributed by atoms with van der Waals surface area (Å²) in [6.45, 7) is 3.49. The number of amides is 2. The topological polar surface area (TPSA) is 58.6 Å². The molecule has 0 aromatic heterocycles. The Morgan fingerprint density at radius 3 is 2.29 bits per heavy atom. The minimum absolute atomic E-state index is 0.217. The second kappa shape index (κ2) is 5.89. The lowest BCUT2D eigenvalue weighted by Gasteiger charge is -2.22. The van der Waals surface area contributed by atoms with Gasteiger partial charge in [0, 0.05) is 5.92 Å². The standard InChI is InChI=1S/C12H16N2O3/c1-9(2)11(15)13-14(12(16)17-3)10-7-5-4-6-8-10/h4-9H,1-3H3,(H,13,15). The average molecular weight is 236 g/mol. The van der Waals surface area contributed by atoms with Crippen LogP contribution >= 0.6 is 0 Å². The lowest BCUT2D eigenvalue weighted by atomic mass is 10.2. The van der Waals surface area contributed by atoms with Crippen molar-refractivity contribution in [2.75, 3.05) is 12.1 Å². The molecule has 17 heavy (non-hydrogen) atoms. The summed E-state index contributed by atoms with van der Waals surface area (Å²) < 4.78 is 4.62. The number of para-hydroxylation sites is 1. The monoisotopic (exact) mass is 236 g/mol. The van der Waals surface area contributed by atoms with E-state index in [4.69, 9.17) is 0 Å². The summed E-state index contributed by atoms with van der Waals surface area (Å²) in [5, 5.41) is 1.09. The van der Waals surface area contributed by atoms with Crippen LogP contribution < -0.4 is 10.4 Å². The molecule has 1 aromatic rings. The van der Waals surface area contributed by atoms with Gasteiger partial charge in [-0.05, 0) is 12.1 Å². The van der Waals surface area contributed by atoms with Crippen molar-refractivity contribution in [1.29, 1.82) is 0 Å². The van der Waals surface area contributed by atoms with Crippen LogP contribution in [0.2, 0.25) is 0 Å². The number of rotatable bonds is 2. The SMILES string of the molecule is COC(=O)N(NC(=O)C(C)C)c1ccccc1. The van der Waals surface area contributed by atoms with Gasteiger partial charge in [-0.1, -0.05) is 32.0 Å². The van der Waals surface area contributed by atoms with Crippen LogP contribution in [-0.2, 0) is 9.53 Å². The predicted molar refractivity (Wildman–Crippen MR) is 64.3 cm³/mol. The lowest BCUT2D eigenvalue weighted by molar-refractivity contribution is -0.124. The summed E-state index contributed by atoms with van der Waals surface area (Å²) in [5.74, 6) is -0.467. The molecule has 0 heterocycles. The van der Waals surface area contributed by atoms with Gasteiger partial charge in [-0.15, -0.1) is 0 Å². The fraction of sp³-hybridized carbons (Fsp3) is 0.333. The maximum atomic E-state index is 11.6. The molecule has 0 aliphatic heterocycles. The van der Waals surface area contributed by atoms with Crippen LogP contribution in [0.25, 0.3) is 0 Å². The normalized spacial score (nSPS) is 9.88. The summed E-state index contributed by atoms with van der Waals surface area (Å²) >= 11 is 0. The van der Waals surface area contributed by atoms with Crippen LogP contribution in [0.4, 0.5) is 10.5 Å². The Kier molecular flexibility index (Phi) is 4.51. The second-order valence-corrected chi connectivity index (χ2v) is 3.77. The zero-order valence-electron chi connectivity index (χ0n) is 10.1. The minimum atomic E-state index is -0.634. The van der Waals surface area contributed by atoms with Gasteiger partial charge in [0.15, 0.2) is 0 Å². The van der Waals surface area contributed by atoms with Crippen molar-refractivity contribution in [3.05, 3.63) is 30.3 Å². The Morgan fingerprint density at radius 2 is 1.82 bits per heavy atom. The largest absolute Gasteiger partial charge is 0.451 e. The number of methoxy groups -OCH3 is 1. The molecule has 5 nitrogen and oxygen atoms in total. The van der Waals surface area contributed by atoms with E-state index in [1.54, 1.807) is 38.1 Å². The molecular formula is C12H16N2O3. The third kappa shape index (κ3) is 3.48. The van der Waals surface area contributed by atoms with Crippen molar-refractivity contribution >= 4 is 17.7 Å². The first-order valence-corrected chi connectivity index (χ1v) is 5.30. The van der Waals surface area contributed by atoms with Gasteiger partial charge in [-0.3, -0.25) is 10.2 Å². The molecule has 0 radical (unpaired) electrons. The fourth-order valence-electron chi connectivity index (χ4n) is 1.12. The van der Waals surface area contributed by atoms with E-state index in [9.17, 15) is 9.59 Å². The molecule has 0 aliphatic rings. The predicted octanol–water partition coefficient (Wildman–Crippen LogP) is 1.95. The molecule has 0 bridgehead atoms. The fourth-order valence-corrected chi connectivity index (χ4v) is 1.12. The van der Waals surface area contributed by atoms with Crippen LogP contribution in [0.15, 0.2) is 30.3 Å². The molecule has 5 heteroatoms. The highest BCUT2D eigenvalue weighted by Gasteiger charge is 2.19. The number of hydrogen-bond acceptors (Lipinski definition) is 3. The highest BCUT2D eigenvalue weighted by Crippen LogP contribution is 2.12. The van der Waals surface area contributed by atoms with Gasteiger partial charge in [0.25, 0.3) is 0 Å². The minimum Gasteiger partial charge on any atom is -0.451 e. The van der Waals surface area contributed by atoms with E-state index in [0.29, 0.717) is 5.69 Å². The van der Waals surface area contributed by atoms with Crippen molar-refractivity contribution in [3.8, 4) is 0 Å². The van der Waals surface area contributed by atoms with E-state index < -0.39 is 6.09 Å². The van der Waals surface area contributed by atoms with Gasteiger partial charge < -0.3 is 4.74 Å². The van der Waals surface area contributed by atoms with Crippen LogP contribution in [0.5, 0.6) is 0 Å². The highest BCUT2D eigenvalue weighted by molar-refractivity contribution is 5.92. The van der Waals surface area contributed by atoms with Crippen LogP contribution in [-0.4, -0.2) is 19.1 Å². The van der Waals surface area contributed by atoms with E-state index in [1.165, 1.54) is 7.11 Å². The molecule has 0 spiro atoms. The molecule has 2 amide bonds. The Labute approximate surface area is 100 Å². The number of carbonyl (C=O) groups is 2. The molecule has 92 valence electrons. The van der Waals surface area contributed by atoms with Crippen molar-refractivity contribution in [2.45, 2.75) is 13.8 Å². The molecule has 0 fully saturated rings. The van der Waals surface area contributed by atoms with E-state index in [1.807, 2.05) is 6.07 Å². The number of hydrogen-bond donors (Lipinski definition) is 1. The van der Waals surface area contributed by atoms with E-state index in [-0.39, 0.29) is 11.8 Å². The highest BCUT2D eigenvalue weighted by atomic mass is 16.5. The van der Waals surface area contributed by atoms with E-state index in [0.717, 1.165) is 5.01 Å². The molecule has 0 aliphatic carbocycles. The number of benzene rings is 1. The molecule has 0 atom stereocenters. The number of nitrogens with one attached hydrogen (secondary N) is 1. The zero-order valence-corrected chi connectivity index (χ0v) is 10.1. The summed E-state index contributed by atoms with van der Waals surface area (Å²) in [6.07, 6.45) is -0.634. The summed E-state index contributed by atoms with van der Waals surface area (Å²) in [4.78, 5) is 23.1. The quantitative estimate of drug-likeness (QED) is 0.798. The Bertz CT molecular complexity index is 390. The van der Waals surface area contributed by atoms with Crippen molar-refractivity contribution in [3.63, 3.8) is 0 Å². The smallest absolute Gasteiger partial charge is 0.433 e. The van der Waals surface area contributed by atoms with Crippen LogP contribution in [0, 0.1) is 5.92 Å². The molecular weight excluding hydrogens is 220 g/mol. The van der Waals surface area contributed by atoms with Crippen LogP contribution in [0.1, 0.15) is 13.8 Å². The summed E-state index contributed by atoms with van der Waals surface area (Å²) in [6, 6.07) is 8.78. The molecule has 1 N–H and O–H groups in total.